The number of carbonyl (C=O) groups is 2. The normalized spacial score (nSPS) is 11.6. The van der Waals surface area contributed by atoms with Gasteiger partial charge in [0.25, 0.3) is 5.91 Å². The van der Waals surface area contributed by atoms with Gasteiger partial charge in [-0.25, -0.2) is 9.78 Å². The second-order valence-electron chi connectivity index (χ2n) is 8.08. The maximum Gasteiger partial charge on any atom is 0.340 e. The van der Waals surface area contributed by atoms with E-state index in [1.165, 1.54) is 13.4 Å². The topological polar surface area (TPSA) is 90.7 Å². The summed E-state index contributed by atoms with van der Waals surface area (Å²) in [6.45, 7) is 0. The number of ether oxygens (including phenoxy) is 2. The van der Waals surface area contributed by atoms with Gasteiger partial charge >= 0.3 is 5.97 Å². The van der Waals surface area contributed by atoms with Crippen molar-refractivity contribution in [1.82, 2.24) is 4.98 Å². The van der Waals surface area contributed by atoms with Crippen molar-refractivity contribution < 1.29 is 23.5 Å². The molecule has 0 bridgehead atoms. The van der Waals surface area contributed by atoms with E-state index in [9.17, 15) is 9.59 Å². The van der Waals surface area contributed by atoms with Crippen LogP contribution in [0.15, 0.2) is 102 Å². The predicted octanol–water partition coefficient (Wildman–Crippen LogP) is 6.69. The summed E-state index contributed by atoms with van der Waals surface area (Å²) in [6.07, 6.45) is 0.305. The fraction of sp³-hybridized carbons (Fsp3) is 0.0690. The van der Waals surface area contributed by atoms with Crippen LogP contribution in [0.5, 0.6) is 5.75 Å². The fourth-order valence-corrected chi connectivity index (χ4v) is 4.18. The van der Waals surface area contributed by atoms with Crippen molar-refractivity contribution in [2.24, 2.45) is 0 Å². The van der Waals surface area contributed by atoms with Crippen LogP contribution in [0.4, 0.5) is 5.69 Å². The number of benzene rings is 3. The lowest BCUT2D eigenvalue weighted by atomic mass is 10.1. The molecule has 7 nitrogen and oxygen atoms in total. The summed E-state index contributed by atoms with van der Waals surface area (Å²) in [5.41, 5.74) is 2.28. The Morgan fingerprint density at radius 2 is 1.73 bits per heavy atom. The van der Waals surface area contributed by atoms with Crippen molar-refractivity contribution in [1.29, 1.82) is 0 Å². The highest BCUT2D eigenvalue weighted by atomic mass is 35.5. The number of esters is 1. The molecule has 0 aliphatic heterocycles. The van der Waals surface area contributed by atoms with E-state index < -0.39 is 18.0 Å². The van der Waals surface area contributed by atoms with Gasteiger partial charge in [0.1, 0.15) is 11.4 Å². The molecule has 184 valence electrons. The first kappa shape index (κ1) is 24.1. The number of nitrogens with zero attached hydrogens (tertiary/aromatic N) is 1. The molecule has 0 fully saturated rings. The van der Waals surface area contributed by atoms with Crippen molar-refractivity contribution >= 4 is 40.1 Å². The zero-order valence-corrected chi connectivity index (χ0v) is 20.4. The Bertz CT molecular complexity index is 1570. The molecule has 0 aliphatic rings. The molecule has 0 spiro atoms. The number of hydrogen-bond donors (Lipinski definition) is 1. The fourth-order valence-electron chi connectivity index (χ4n) is 3.92. The first-order valence-corrected chi connectivity index (χ1v) is 11.8. The lowest BCUT2D eigenvalue weighted by molar-refractivity contribution is -0.125. The quantitative estimate of drug-likeness (QED) is 0.244. The molecule has 3 aromatic carbocycles. The Morgan fingerprint density at radius 3 is 2.46 bits per heavy atom. The number of amides is 1. The van der Waals surface area contributed by atoms with Crippen molar-refractivity contribution in [3.8, 4) is 17.2 Å². The highest BCUT2D eigenvalue weighted by Gasteiger charge is 2.27. The predicted molar refractivity (Wildman–Crippen MR) is 141 cm³/mol. The number of fused-ring (bicyclic) bond motifs is 1. The average Bonchev–Trinajstić information content (AvgIpc) is 3.47. The van der Waals surface area contributed by atoms with Crippen LogP contribution in [0.3, 0.4) is 0 Å². The summed E-state index contributed by atoms with van der Waals surface area (Å²) >= 11 is 6.21. The van der Waals surface area contributed by atoms with Crippen molar-refractivity contribution in [2.45, 2.75) is 6.10 Å². The Kier molecular flexibility index (Phi) is 6.87. The second kappa shape index (κ2) is 10.6. The lowest BCUT2D eigenvalue weighted by Crippen LogP contribution is -2.26. The number of furan rings is 1. The molecule has 8 heteroatoms. The lowest BCUT2D eigenvalue weighted by Gasteiger charge is -2.19. The SMILES string of the molecule is COc1ccc(NC(=O)C(OC(=O)c2cc(-c3ccco3)nc3ccccc23)c2ccccc2)cc1Cl. The smallest absolute Gasteiger partial charge is 0.340 e. The molecular formula is C29H21ClN2O5. The third-order valence-electron chi connectivity index (χ3n) is 5.69. The van der Waals surface area contributed by atoms with E-state index in [4.69, 9.17) is 25.5 Å². The molecule has 5 aromatic rings. The molecule has 0 saturated heterocycles. The van der Waals surface area contributed by atoms with Crippen molar-refractivity contribution in [3.63, 3.8) is 0 Å². The summed E-state index contributed by atoms with van der Waals surface area (Å²) in [4.78, 5) is 31.5. The number of hydrogen-bond acceptors (Lipinski definition) is 6. The van der Waals surface area contributed by atoms with Gasteiger partial charge in [-0.1, -0.05) is 60.1 Å². The van der Waals surface area contributed by atoms with Crippen LogP contribution in [0.1, 0.15) is 22.0 Å². The van der Waals surface area contributed by atoms with E-state index in [1.54, 1.807) is 72.8 Å². The van der Waals surface area contributed by atoms with Gasteiger partial charge in [0.05, 0.1) is 29.5 Å². The van der Waals surface area contributed by atoms with Crippen LogP contribution in [-0.4, -0.2) is 24.0 Å². The van der Waals surface area contributed by atoms with Crippen LogP contribution in [-0.2, 0) is 9.53 Å². The van der Waals surface area contributed by atoms with Gasteiger partial charge in [0.15, 0.2) is 5.76 Å². The first-order chi connectivity index (χ1) is 18.0. The summed E-state index contributed by atoms with van der Waals surface area (Å²) in [5.74, 6) is -0.232. The third kappa shape index (κ3) is 5.17. The number of halogens is 1. The van der Waals surface area contributed by atoms with Gasteiger partial charge in [-0.2, -0.15) is 0 Å². The Balaban J connectivity index is 1.49. The molecule has 0 aliphatic carbocycles. The number of methoxy groups -OCH3 is 1. The summed E-state index contributed by atoms with van der Waals surface area (Å²) in [7, 11) is 1.50. The van der Waals surface area contributed by atoms with Crippen molar-refractivity contribution in [2.75, 3.05) is 12.4 Å². The van der Waals surface area contributed by atoms with Crippen LogP contribution < -0.4 is 10.1 Å². The minimum Gasteiger partial charge on any atom is -0.495 e. The molecule has 2 heterocycles. The minimum absolute atomic E-state index is 0.262. The molecular weight excluding hydrogens is 492 g/mol. The van der Waals surface area contributed by atoms with E-state index in [-0.39, 0.29) is 5.56 Å². The number of aromatic nitrogens is 1. The number of pyridine rings is 1. The van der Waals surface area contributed by atoms with Gasteiger partial charge < -0.3 is 19.2 Å². The molecule has 1 amide bonds. The molecule has 1 N–H and O–H groups in total. The first-order valence-electron chi connectivity index (χ1n) is 11.4. The van der Waals surface area contributed by atoms with Crippen LogP contribution in [0.2, 0.25) is 5.02 Å². The van der Waals surface area contributed by atoms with Crippen LogP contribution in [0.25, 0.3) is 22.4 Å². The van der Waals surface area contributed by atoms with E-state index in [0.29, 0.717) is 44.4 Å². The van der Waals surface area contributed by atoms with Gasteiger partial charge in [0, 0.05) is 16.6 Å². The third-order valence-corrected chi connectivity index (χ3v) is 5.99. The number of carbonyl (C=O) groups excluding carboxylic acids is 2. The van der Waals surface area contributed by atoms with Gasteiger partial charge in [-0.3, -0.25) is 4.79 Å². The monoisotopic (exact) mass is 512 g/mol. The molecule has 0 saturated carbocycles. The molecule has 1 unspecified atom stereocenters. The standard InChI is InChI=1S/C29H21ClN2O5/c1-35-25-14-13-19(16-22(25)30)31-28(33)27(18-8-3-2-4-9-18)37-29(34)21-17-24(26-12-7-15-36-26)32-23-11-6-5-10-20(21)23/h2-17,27H,1H3,(H,31,33). The number of nitrogens with one attached hydrogen (secondary N) is 1. The Morgan fingerprint density at radius 1 is 0.946 bits per heavy atom. The summed E-state index contributed by atoms with van der Waals surface area (Å²) in [5, 5.41) is 3.71. The van der Waals surface area contributed by atoms with Crippen molar-refractivity contribution in [3.05, 3.63) is 113 Å². The zero-order valence-electron chi connectivity index (χ0n) is 19.7. The average molecular weight is 513 g/mol. The number of rotatable bonds is 7. The number of para-hydroxylation sites is 1. The molecule has 1 atom stereocenters. The highest BCUT2D eigenvalue weighted by Crippen LogP contribution is 2.30. The largest absolute Gasteiger partial charge is 0.495 e. The molecule has 2 aromatic heterocycles. The van der Waals surface area contributed by atoms with Gasteiger partial charge in [0.2, 0.25) is 6.10 Å². The molecule has 37 heavy (non-hydrogen) atoms. The Hall–Kier alpha value is -4.62. The van der Waals surface area contributed by atoms with Crippen LogP contribution in [0, 0.1) is 0 Å². The van der Waals surface area contributed by atoms with E-state index in [2.05, 4.69) is 10.3 Å². The summed E-state index contributed by atoms with van der Waals surface area (Å²) < 4.78 is 16.5. The second-order valence-corrected chi connectivity index (χ2v) is 8.49. The molecule has 0 radical (unpaired) electrons. The van der Waals surface area contributed by atoms with Gasteiger partial charge in [-0.15, -0.1) is 0 Å². The van der Waals surface area contributed by atoms with Crippen LogP contribution >= 0.6 is 11.6 Å². The molecule has 5 rings (SSSR count). The van der Waals surface area contributed by atoms with E-state index in [1.807, 2.05) is 18.2 Å². The zero-order chi connectivity index (χ0) is 25.8. The van der Waals surface area contributed by atoms with Gasteiger partial charge in [-0.05, 0) is 42.5 Å². The van der Waals surface area contributed by atoms with E-state index in [0.717, 1.165) is 0 Å². The maximum absolute atomic E-state index is 13.6. The summed E-state index contributed by atoms with van der Waals surface area (Å²) in [6, 6.07) is 26.0. The maximum atomic E-state index is 13.6. The van der Waals surface area contributed by atoms with E-state index >= 15 is 0 Å². The Labute approximate surface area is 217 Å². The highest BCUT2D eigenvalue weighted by molar-refractivity contribution is 6.32. The minimum atomic E-state index is -1.23. The number of anilines is 1.